The average molecular weight is 298 g/mol. The minimum absolute atomic E-state index is 0.0641. The maximum Gasteiger partial charge on any atom is 0.120 e. The lowest BCUT2D eigenvalue weighted by Gasteiger charge is -2.30. The first kappa shape index (κ1) is 15.6. The van der Waals surface area contributed by atoms with E-state index in [-0.39, 0.29) is 23.2 Å². The molecular formula is C16H24ClNO2. The first-order valence-corrected chi connectivity index (χ1v) is 7.41. The fourth-order valence-electron chi connectivity index (χ4n) is 3.14. The molecule has 0 amide bonds. The van der Waals surface area contributed by atoms with Gasteiger partial charge in [0.15, 0.2) is 0 Å². The molecule has 1 aliphatic heterocycles. The van der Waals surface area contributed by atoms with Gasteiger partial charge in [0.2, 0.25) is 0 Å². The van der Waals surface area contributed by atoms with Crippen molar-refractivity contribution in [2.75, 3.05) is 6.61 Å². The minimum atomic E-state index is -0.222. The molecule has 20 heavy (non-hydrogen) atoms. The van der Waals surface area contributed by atoms with Gasteiger partial charge < -0.3 is 15.2 Å². The lowest BCUT2D eigenvalue weighted by molar-refractivity contribution is -0.0775. The second-order valence-electron chi connectivity index (χ2n) is 6.71. The zero-order valence-corrected chi connectivity index (χ0v) is 13.4. The molecule has 2 atom stereocenters. The molecule has 1 aromatic carbocycles. The lowest BCUT2D eigenvalue weighted by atomic mass is 9.82. The summed E-state index contributed by atoms with van der Waals surface area (Å²) >= 11 is 5.94. The molecule has 112 valence electrons. The number of hydrogen-bond donors (Lipinski definition) is 1. The fraction of sp³-hybridized carbons (Fsp3) is 0.625. The maximum atomic E-state index is 6.32. The van der Waals surface area contributed by atoms with Crippen molar-refractivity contribution in [1.82, 2.24) is 0 Å². The Labute approximate surface area is 126 Å². The topological polar surface area (TPSA) is 44.5 Å². The summed E-state index contributed by atoms with van der Waals surface area (Å²) in [6.45, 7) is 8.89. The van der Waals surface area contributed by atoms with E-state index in [1.54, 1.807) is 6.07 Å². The summed E-state index contributed by atoms with van der Waals surface area (Å²) in [7, 11) is 0. The summed E-state index contributed by atoms with van der Waals surface area (Å²) in [6.07, 6.45) is 0.945. The molecule has 0 aromatic heterocycles. The second kappa shape index (κ2) is 5.55. The lowest BCUT2D eigenvalue weighted by Crippen LogP contribution is -2.44. The number of ether oxygens (including phenoxy) is 2. The van der Waals surface area contributed by atoms with Crippen molar-refractivity contribution in [3.8, 4) is 5.75 Å². The molecule has 3 nitrogen and oxygen atoms in total. The number of benzene rings is 1. The van der Waals surface area contributed by atoms with E-state index in [9.17, 15) is 0 Å². The van der Waals surface area contributed by atoms with Gasteiger partial charge in [0, 0.05) is 17.0 Å². The zero-order valence-electron chi connectivity index (χ0n) is 12.7. The van der Waals surface area contributed by atoms with E-state index in [0.29, 0.717) is 11.6 Å². The quantitative estimate of drug-likeness (QED) is 0.923. The van der Waals surface area contributed by atoms with E-state index in [1.807, 2.05) is 18.2 Å². The van der Waals surface area contributed by atoms with Gasteiger partial charge in [-0.05, 0) is 52.3 Å². The van der Waals surface area contributed by atoms with Crippen LogP contribution in [0.3, 0.4) is 0 Å². The van der Waals surface area contributed by atoms with Crippen LogP contribution < -0.4 is 10.5 Å². The molecule has 0 aliphatic carbocycles. The van der Waals surface area contributed by atoms with Gasteiger partial charge in [-0.2, -0.15) is 0 Å². The van der Waals surface area contributed by atoms with Crippen LogP contribution in [0.5, 0.6) is 5.75 Å². The molecule has 0 bridgehead atoms. The molecule has 1 heterocycles. The van der Waals surface area contributed by atoms with Crippen LogP contribution >= 0.6 is 11.6 Å². The van der Waals surface area contributed by atoms with Gasteiger partial charge in [0.1, 0.15) is 12.4 Å². The fourth-order valence-corrected chi connectivity index (χ4v) is 3.32. The third-order valence-corrected chi connectivity index (χ3v) is 4.13. The first-order chi connectivity index (χ1) is 9.20. The van der Waals surface area contributed by atoms with Crippen LogP contribution in [0.2, 0.25) is 5.02 Å². The van der Waals surface area contributed by atoms with Gasteiger partial charge in [-0.15, -0.1) is 0 Å². The Bertz CT molecular complexity index is 473. The van der Waals surface area contributed by atoms with Crippen LogP contribution in [0.1, 0.15) is 34.1 Å². The van der Waals surface area contributed by atoms with Gasteiger partial charge >= 0.3 is 0 Å². The summed E-state index contributed by atoms with van der Waals surface area (Å²) in [5.74, 6) is 1.03. The second-order valence-corrected chi connectivity index (χ2v) is 7.14. The molecule has 1 aromatic rings. The molecule has 0 spiro atoms. The summed E-state index contributed by atoms with van der Waals surface area (Å²) < 4.78 is 11.8. The Morgan fingerprint density at radius 3 is 2.65 bits per heavy atom. The Morgan fingerprint density at radius 1 is 1.40 bits per heavy atom. The third-order valence-electron chi connectivity index (χ3n) is 3.90. The smallest absolute Gasteiger partial charge is 0.120 e. The SMILES string of the molecule is CC1(C)CC(C(N)COc2cccc(Cl)c2)C(C)(C)O1. The van der Waals surface area contributed by atoms with Crippen molar-refractivity contribution in [3.63, 3.8) is 0 Å². The van der Waals surface area contributed by atoms with Crippen molar-refractivity contribution in [2.24, 2.45) is 11.7 Å². The molecular weight excluding hydrogens is 274 g/mol. The molecule has 1 aliphatic rings. The van der Waals surface area contributed by atoms with Crippen LogP contribution in [-0.4, -0.2) is 23.9 Å². The molecule has 2 N–H and O–H groups in total. The number of halogens is 1. The predicted molar refractivity (Wildman–Crippen MR) is 82.3 cm³/mol. The van der Waals surface area contributed by atoms with Gasteiger partial charge in [0.25, 0.3) is 0 Å². The van der Waals surface area contributed by atoms with Crippen molar-refractivity contribution in [2.45, 2.75) is 51.4 Å². The number of nitrogens with two attached hydrogens (primary N) is 1. The van der Waals surface area contributed by atoms with Crippen molar-refractivity contribution >= 4 is 11.6 Å². The molecule has 0 radical (unpaired) electrons. The molecule has 0 saturated carbocycles. The maximum absolute atomic E-state index is 6.32. The van der Waals surface area contributed by atoms with Crippen LogP contribution in [-0.2, 0) is 4.74 Å². The van der Waals surface area contributed by atoms with Crippen LogP contribution in [0, 0.1) is 5.92 Å². The number of rotatable bonds is 4. The highest BCUT2D eigenvalue weighted by Crippen LogP contribution is 2.43. The van der Waals surface area contributed by atoms with E-state index >= 15 is 0 Å². The molecule has 1 fully saturated rings. The Morgan fingerprint density at radius 2 is 2.10 bits per heavy atom. The number of hydrogen-bond acceptors (Lipinski definition) is 3. The highest BCUT2D eigenvalue weighted by atomic mass is 35.5. The third kappa shape index (κ3) is 3.66. The predicted octanol–water partition coefficient (Wildman–Crippen LogP) is 3.64. The standard InChI is InChI=1S/C16H24ClNO2/c1-15(2)9-13(16(3,4)20-15)14(18)10-19-12-7-5-6-11(17)8-12/h5-8,13-14H,9-10,18H2,1-4H3. The molecule has 4 heteroatoms. The summed E-state index contributed by atoms with van der Waals surface area (Å²) in [6, 6.07) is 7.32. The van der Waals surface area contributed by atoms with Crippen LogP contribution in [0.4, 0.5) is 0 Å². The van der Waals surface area contributed by atoms with Crippen molar-refractivity contribution < 1.29 is 9.47 Å². The molecule has 2 rings (SSSR count). The van der Waals surface area contributed by atoms with E-state index in [0.717, 1.165) is 12.2 Å². The Balaban J connectivity index is 1.97. The Hall–Kier alpha value is -0.770. The van der Waals surface area contributed by atoms with Crippen molar-refractivity contribution in [1.29, 1.82) is 0 Å². The van der Waals surface area contributed by atoms with E-state index in [2.05, 4.69) is 27.7 Å². The minimum Gasteiger partial charge on any atom is -0.492 e. The van der Waals surface area contributed by atoms with Crippen LogP contribution in [0.15, 0.2) is 24.3 Å². The summed E-state index contributed by atoms with van der Waals surface area (Å²) in [5, 5.41) is 0.668. The highest BCUT2D eigenvalue weighted by Gasteiger charge is 2.48. The zero-order chi connectivity index (χ0) is 15.0. The Kier molecular flexibility index (Phi) is 4.33. The normalized spacial score (nSPS) is 25.4. The van der Waals surface area contributed by atoms with Gasteiger partial charge in [-0.1, -0.05) is 17.7 Å². The molecule has 2 unspecified atom stereocenters. The van der Waals surface area contributed by atoms with Gasteiger partial charge in [0.05, 0.1) is 11.2 Å². The summed E-state index contributed by atoms with van der Waals surface area (Å²) in [5.41, 5.74) is 5.98. The molecule has 1 saturated heterocycles. The van der Waals surface area contributed by atoms with E-state index in [4.69, 9.17) is 26.8 Å². The van der Waals surface area contributed by atoms with Gasteiger partial charge in [-0.3, -0.25) is 0 Å². The van der Waals surface area contributed by atoms with Gasteiger partial charge in [-0.25, -0.2) is 0 Å². The van der Waals surface area contributed by atoms with E-state index in [1.165, 1.54) is 0 Å². The average Bonchev–Trinajstić information content (AvgIpc) is 2.54. The highest BCUT2D eigenvalue weighted by molar-refractivity contribution is 6.30. The van der Waals surface area contributed by atoms with Crippen LogP contribution in [0.25, 0.3) is 0 Å². The first-order valence-electron chi connectivity index (χ1n) is 7.04. The van der Waals surface area contributed by atoms with E-state index < -0.39 is 0 Å². The summed E-state index contributed by atoms with van der Waals surface area (Å²) in [4.78, 5) is 0. The van der Waals surface area contributed by atoms with Crippen molar-refractivity contribution in [3.05, 3.63) is 29.3 Å². The monoisotopic (exact) mass is 297 g/mol. The largest absolute Gasteiger partial charge is 0.492 e.